The first-order valence-corrected chi connectivity index (χ1v) is 8.30. The molecule has 0 spiro atoms. The number of hydrogen-bond donors (Lipinski definition) is 1. The Balaban J connectivity index is 2.98. The average molecular weight is 332 g/mol. The number of carbonyl (C=O) groups is 1. The van der Waals surface area contributed by atoms with Gasteiger partial charge in [-0.25, -0.2) is 12.7 Å². The predicted octanol–water partition coefficient (Wildman–Crippen LogP) is -0.0987. The molecule has 1 unspecified atom stereocenters. The van der Waals surface area contributed by atoms with Crippen LogP contribution in [0.4, 0.5) is 0 Å². The van der Waals surface area contributed by atoms with Crippen LogP contribution in [0, 0.1) is 13.8 Å². The molecule has 9 heteroatoms. The fraction of sp³-hybridized carbons (Fsp3) is 0.692. The normalized spacial score (nSPS) is 13.4. The Labute approximate surface area is 131 Å². The van der Waals surface area contributed by atoms with Crippen LogP contribution in [0.3, 0.4) is 0 Å². The molecule has 8 nitrogen and oxygen atoms in total. The monoisotopic (exact) mass is 332 g/mol. The summed E-state index contributed by atoms with van der Waals surface area (Å²) in [4.78, 5) is 12.1. The largest absolute Gasteiger partial charge is 0.383 e. The maximum atomic E-state index is 12.3. The van der Waals surface area contributed by atoms with E-state index in [2.05, 4.69) is 10.4 Å². The molecule has 1 heterocycles. The zero-order chi connectivity index (χ0) is 17.1. The van der Waals surface area contributed by atoms with E-state index >= 15 is 0 Å². The van der Waals surface area contributed by atoms with Crippen molar-refractivity contribution >= 4 is 15.9 Å². The Morgan fingerprint density at radius 1 is 1.41 bits per heavy atom. The second kappa shape index (κ2) is 7.21. The molecule has 0 fully saturated rings. The van der Waals surface area contributed by atoms with Gasteiger partial charge in [0.25, 0.3) is 0 Å². The molecule has 0 aliphatic heterocycles. The van der Waals surface area contributed by atoms with Crippen molar-refractivity contribution in [1.29, 1.82) is 0 Å². The molecule has 0 aliphatic rings. The minimum absolute atomic E-state index is 0.0380. The van der Waals surface area contributed by atoms with Gasteiger partial charge in [0.05, 0.1) is 18.0 Å². The standard InChI is InChI=1S/C13H24N4O4S/c1-9(8-21-6)14-12(18)7-17-11(3)13(10(2)15-17)22(19,20)16(4)5/h9H,7-8H2,1-6H3,(H,14,18). The number of hydrogen-bond acceptors (Lipinski definition) is 5. The number of ether oxygens (including phenoxy) is 1. The van der Waals surface area contributed by atoms with E-state index in [9.17, 15) is 13.2 Å². The number of sulfonamides is 1. The van der Waals surface area contributed by atoms with Crippen molar-refractivity contribution in [3.8, 4) is 0 Å². The molecule has 0 radical (unpaired) electrons. The molecule has 0 aliphatic carbocycles. The van der Waals surface area contributed by atoms with Gasteiger partial charge in [0, 0.05) is 27.2 Å². The number of methoxy groups -OCH3 is 1. The third kappa shape index (κ3) is 4.05. The first kappa shape index (κ1) is 18.6. The second-order valence-corrected chi connectivity index (χ2v) is 7.46. The van der Waals surface area contributed by atoms with Gasteiger partial charge in [0.2, 0.25) is 15.9 Å². The SMILES string of the molecule is COCC(C)NC(=O)Cn1nc(C)c(S(=O)(=O)N(C)C)c1C. The highest BCUT2D eigenvalue weighted by Crippen LogP contribution is 2.21. The molecule has 1 aromatic rings. The first-order valence-electron chi connectivity index (χ1n) is 6.86. The number of nitrogens with zero attached hydrogens (tertiary/aromatic N) is 3. The highest BCUT2D eigenvalue weighted by Gasteiger charge is 2.27. The van der Waals surface area contributed by atoms with Crippen molar-refractivity contribution in [2.45, 2.75) is 38.3 Å². The van der Waals surface area contributed by atoms with Crippen molar-refractivity contribution in [2.24, 2.45) is 0 Å². The van der Waals surface area contributed by atoms with Crippen LogP contribution in [-0.4, -0.2) is 62.3 Å². The Bertz CT molecular complexity index is 637. The quantitative estimate of drug-likeness (QED) is 0.753. The van der Waals surface area contributed by atoms with Gasteiger partial charge in [0.15, 0.2) is 0 Å². The molecule has 22 heavy (non-hydrogen) atoms. The van der Waals surface area contributed by atoms with Gasteiger partial charge in [-0.05, 0) is 20.8 Å². The van der Waals surface area contributed by atoms with Gasteiger partial charge in [-0.1, -0.05) is 0 Å². The molecular weight excluding hydrogens is 308 g/mol. The first-order chi connectivity index (χ1) is 10.1. The van der Waals surface area contributed by atoms with Gasteiger partial charge < -0.3 is 10.1 Å². The van der Waals surface area contributed by atoms with Gasteiger partial charge in [-0.3, -0.25) is 9.48 Å². The molecule has 0 saturated heterocycles. The molecular formula is C13H24N4O4S. The highest BCUT2D eigenvalue weighted by molar-refractivity contribution is 7.89. The van der Waals surface area contributed by atoms with Crippen LogP contribution in [0.15, 0.2) is 4.90 Å². The summed E-state index contributed by atoms with van der Waals surface area (Å²) < 4.78 is 32.1. The number of aromatic nitrogens is 2. The van der Waals surface area contributed by atoms with E-state index in [-0.39, 0.29) is 23.4 Å². The van der Waals surface area contributed by atoms with Gasteiger partial charge in [-0.2, -0.15) is 5.10 Å². The summed E-state index contributed by atoms with van der Waals surface area (Å²) in [5.41, 5.74) is 0.824. The van der Waals surface area contributed by atoms with Crippen LogP contribution in [0.1, 0.15) is 18.3 Å². The fourth-order valence-corrected chi connectivity index (χ4v) is 3.40. The number of nitrogens with one attached hydrogen (secondary N) is 1. The molecule has 0 bridgehead atoms. The summed E-state index contributed by atoms with van der Waals surface area (Å²) in [6.45, 7) is 5.45. The van der Waals surface area contributed by atoms with E-state index in [1.807, 2.05) is 6.92 Å². The zero-order valence-corrected chi connectivity index (χ0v) is 14.7. The van der Waals surface area contributed by atoms with Crippen molar-refractivity contribution < 1.29 is 17.9 Å². The lowest BCUT2D eigenvalue weighted by Crippen LogP contribution is -2.38. The molecule has 0 saturated carbocycles. The molecule has 1 aromatic heterocycles. The Morgan fingerprint density at radius 3 is 2.50 bits per heavy atom. The number of carbonyl (C=O) groups excluding carboxylic acids is 1. The predicted molar refractivity (Wildman–Crippen MR) is 82.1 cm³/mol. The minimum Gasteiger partial charge on any atom is -0.383 e. The minimum atomic E-state index is -3.59. The van der Waals surface area contributed by atoms with Crippen LogP contribution in [0.5, 0.6) is 0 Å². The average Bonchev–Trinajstić information content (AvgIpc) is 2.64. The number of amides is 1. The van der Waals surface area contributed by atoms with E-state index in [1.54, 1.807) is 21.0 Å². The molecule has 1 atom stereocenters. The summed E-state index contributed by atoms with van der Waals surface area (Å²) in [5.74, 6) is -0.246. The van der Waals surface area contributed by atoms with E-state index in [0.29, 0.717) is 18.0 Å². The lowest BCUT2D eigenvalue weighted by molar-refractivity contribution is -0.122. The van der Waals surface area contributed by atoms with E-state index in [0.717, 1.165) is 4.31 Å². The Morgan fingerprint density at radius 2 is 2.00 bits per heavy atom. The summed E-state index contributed by atoms with van der Waals surface area (Å²) in [7, 11) is 0.897. The lowest BCUT2D eigenvalue weighted by Gasteiger charge is -2.14. The lowest BCUT2D eigenvalue weighted by atomic mass is 10.3. The number of rotatable bonds is 7. The molecule has 1 rings (SSSR count). The van der Waals surface area contributed by atoms with Crippen molar-refractivity contribution in [1.82, 2.24) is 19.4 Å². The smallest absolute Gasteiger partial charge is 0.246 e. The van der Waals surface area contributed by atoms with E-state index in [4.69, 9.17) is 4.74 Å². The second-order valence-electron chi connectivity index (χ2n) is 5.37. The summed E-state index contributed by atoms with van der Waals surface area (Å²) in [6, 6.07) is -0.126. The van der Waals surface area contributed by atoms with E-state index < -0.39 is 10.0 Å². The van der Waals surface area contributed by atoms with Crippen LogP contribution in [0.25, 0.3) is 0 Å². The fourth-order valence-electron chi connectivity index (χ4n) is 2.14. The van der Waals surface area contributed by atoms with E-state index in [1.165, 1.54) is 18.8 Å². The van der Waals surface area contributed by atoms with Crippen LogP contribution < -0.4 is 5.32 Å². The van der Waals surface area contributed by atoms with Gasteiger partial charge in [0.1, 0.15) is 11.4 Å². The van der Waals surface area contributed by atoms with Crippen LogP contribution in [0.2, 0.25) is 0 Å². The molecule has 1 amide bonds. The summed E-state index contributed by atoms with van der Waals surface area (Å²) in [6.07, 6.45) is 0. The van der Waals surface area contributed by atoms with Crippen LogP contribution >= 0.6 is 0 Å². The molecule has 0 aromatic carbocycles. The maximum Gasteiger partial charge on any atom is 0.246 e. The third-order valence-corrected chi connectivity index (χ3v) is 5.24. The van der Waals surface area contributed by atoms with Gasteiger partial charge >= 0.3 is 0 Å². The third-order valence-electron chi connectivity index (χ3n) is 3.17. The van der Waals surface area contributed by atoms with Gasteiger partial charge in [-0.15, -0.1) is 0 Å². The molecule has 126 valence electrons. The Hall–Kier alpha value is -1.45. The highest BCUT2D eigenvalue weighted by atomic mass is 32.2. The zero-order valence-electron chi connectivity index (χ0n) is 13.9. The Kier molecular flexibility index (Phi) is 6.09. The maximum absolute atomic E-state index is 12.3. The van der Waals surface area contributed by atoms with Crippen molar-refractivity contribution in [3.63, 3.8) is 0 Å². The van der Waals surface area contributed by atoms with Crippen LogP contribution in [-0.2, 0) is 26.1 Å². The van der Waals surface area contributed by atoms with Crippen molar-refractivity contribution in [2.75, 3.05) is 27.8 Å². The van der Waals surface area contributed by atoms with Crippen molar-refractivity contribution in [3.05, 3.63) is 11.4 Å². The summed E-state index contributed by atoms with van der Waals surface area (Å²) >= 11 is 0. The molecule has 1 N–H and O–H groups in total. The summed E-state index contributed by atoms with van der Waals surface area (Å²) in [5, 5.41) is 6.93. The topological polar surface area (TPSA) is 93.5 Å². The number of aryl methyl sites for hydroxylation is 1.